The number of ether oxygens (including phenoxy) is 2. The Kier molecular flexibility index (Phi) is 5.35. The molecule has 0 bridgehead atoms. The summed E-state index contributed by atoms with van der Waals surface area (Å²) in [5.41, 5.74) is 1.84. The zero-order chi connectivity index (χ0) is 20.4. The van der Waals surface area contributed by atoms with Gasteiger partial charge in [0.25, 0.3) is 5.56 Å². The van der Waals surface area contributed by atoms with Crippen LogP contribution in [-0.4, -0.2) is 66.8 Å². The van der Waals surface area contributed by atoms with Gasteiger partial charge in [-0.15, -0.1) is 0 Å². The fourth-order valence-corrected chi connectivity index (χ4v) is 3.72. The monoisotopic (exact) mass is 395 g/mol. The van der Waals surface area contributed by atoms with Crippen LogP contribution in [0.1, 0.15) is 6.92 Å². The van der Waals surface area contributed by atoms with Crippen molar-refractivity contribution in [1.82, 2.24) is 19.9 Å². The largest absolute Gasteiger partial charge is 0.493 e. The molecule has 3 heterocycles. The fourth-order valence-electron chi connectivity index (χ4n) is 3.72. The Hall–Kier alpha value is -3.13. The molecule has 0 amide bonds. The third-order valence-corrected chi connectivity index (χ3v) is 5.41. The molecule has 8 heteroatoms. The van der Waals surface area contributed by atoms with Gasteiger partial charge in [0.05, 0.1) is 19.6 Å². The van der Waals surface area contributed by atoms with Crippen LogP contribution in [0.25, 0.3) is 22.2 Å². The van der Waals surface area contributed by atoms with Gasteiger partial charge in [0.2, 0.25) is 5.95 Å². The summed E-state index contributed by atoms with van der Waals surface area (Å²) in [5, 5.41) is 0.468. The average molecular weight is 395 g/mol. The number of nitrogens with one attached hydrogen (secondary N) is 1. The zero-order valence-corrected chi connectivity index (χ0v) is 16.9. The smallest absolute Gasteiger partial charge is 0.262 e. The third kappa shape index (κ3) is 3.63. The molecule has 1 aliphatic rings. The van der Waals surface area contributed by atoms with Crippen molar-refractivity contribution in [3.05, 3.63) is 40.8 Å². The van der Waals surface area contributed by atoms with Gasteiger partial charge in [0.1, 0.15) is 0 Å². The van der Waals surface area contributed by atoms with Crippen molar-refractivity contribution in [2.24, 2.45) is 0 Å². The van der Waals surface area contributed by atoms with Crippen LogP contribution >= 0.6 is 0 Å². The number of aromatic nitrogens is 3. The Morgan fingerprint density at radius 1 is 1.07 bits per heavy atom. The third-order valence-electron chi connectivity index (χ3n) is 5.41. The maximum atomic E-state index is 13.0. The van der Waals surface area contributed by atoms with Gasteiger partial charge in [-0.05, 0) is 35.9 Å². The normalized spacial score (nSPS) is 14.9. The Labute approximate surface area is 169 Å². The second-order valence-corrected chi connectivity index (χ2v) is 6.94. The fraction of sp³-hybridized carbons (Fsp3) is 0.381. The van der Waals surface area contributed by atoms with Crippen LogP contribution in [0.5, 0.6) is 11.5 Å². The summed E-state index contributed by atoms with van der Waals surface area (Å²) in [6.07, 6.45) is 1.68. The second kappa shape index (κ2) is 8.08. The van der Waals surface area contributed by atoms with Gasteiger partial charge in [0.15, 0.2) is 17.1 Å². The van der Waals surface area contributed by atoms with Crippen LogP contribution in [0, 0.1) is 0 Å². The summed E-state index contributed by atoms with van der Waals surface area (Å²) in [5.74, 6) is 1.81. The highest BCUT2D eigenvalue weighted by molar-refractivity contribution is 5.92. The molecule has 0 atom stereocenters. The van der Waals surface area contributed by atoms with Crippen LogP contribution < -0.4 is 19.9 Å². The average Bonchev–Trinajstić information content (AvgIpc) is 2.78. The van der Waals surface area contributed by atoms with E-state index in [0.29, 0.717) is 28.5 Å². The van der Waals surface area contributed by atoms with Gasteiger partial charge in [-0.3, -0.25) is 9.78 Å². The van der Waals surface area contributed by atoms with Crippen molar-refractivity contribution in [3.63, 3.8) is 0 Å². The number of pyridine rings is 1. The molecule has 1 aliphatic heterocycles. The molecule has 29 heavy (non-hydrogen) atoms. The number of methoxy groups -OCH3 is 2. The molecule has 1 saturated heterocycles. The molecule has 152 valence electrons. The number of likely N-dealkylation sites (N-methyl/N-ethyl adjacent to an activating group) is 1. The molecule has 2 aromatic heterocycles. The van der Waals surface area contributed by atoms with Gasteiger partial charge < -0.3 is 19.3 Å². The highest BCUT2D eigenvalue weighted by Gasteiger charge is 2.20. The minimum absolute atomic E-state index is 0.194. The Balaban J connectivity index is 1.76. The SMILES string of the molecule is CCN1CCN(c2nc3nccc(-c4ccc(OC)c(OC)c4)c3c(=O)[nH]2)CC1. The van der Waals surface area contributed by atoms with E-state index in [9.17, 15) is 4.79 Å². The van der Waals surface area contributed by atoms with Crippen molar-refractivity contribution in [2.45, 2.75) is 6.92 Å². The lowest BCUT2D eigenvalue weighted by Crippen LogP contribution is -2.47. The highest BCUT2D eigenvalue weighted by atomic mass is 16.5. The van der Waals surface area contributed by atoms with E-state index in [-0.39, 0.29) is 5.56 Å². The molecule has 3 aromatic rings. The number of H-pyrrole nitrogens is 1. The molecule has 0 spiro atoms. The number of nitrogens with zero attached hydrogens (tertiary/aromatic N) is 4. The Morgan fingerprint density at radius 2 is 1.83 bits per heavy atom. The number of fused-ring (bicyclic) bond motifs is 1. The predicted octanol–water partition coefficient (Wildman–Crippen LogP) is 2.14. The minimum atomic E-state index is -0.194. The van der Waals surface area contributed by atoms with Gasteiger partial charge in [-0.25, -0.2) is 4.98 Å². The van der Waals surface area contributed by atoms with Crippen molar-refractivity contribution in [3.8, 4) is 22.6 Å². The number of benzene rings is 1. The standard InChI is InChI=1S/C21H25N5O3/c1-4-25-9-11-26(12-10-25)21-23-19-18(20(27)24-21)15(7-8-22-19)14-5-6-16(28-2)17(13-14)29-3/h5-8,13H,4,9-12H2,1-3H3,(H,22,23,24,27). The van der Waals surface area contributed by atoms with E-state index in [1.54, 1.807) is 20.4 Å². The molecule has 1 N–H and O–H groups in total. The van der Waals surface area contributed by atoms with E-state index in [1.807, 2.05) is 24.3 Å². The first-order valence-electron chi connectivity index (χ1n) is 9.73. The molecule has 0 unspecified atom stereocenters. The highest BCUT2D eigenvalue weighted by Crippen LogP contribution is 2.34. The number of hydrogen-bond acceptors (Lipinski definition) is 7. The first-order valence-corrected chi connectivity index (χ1v) is 9.73. The molecular weight excluding hydrogens is 370 g/mol. The summed E-state index contributed by atoms with van der Waals surface area (Å²) >= 11 is 0. The molecule has 0 radical (unpaired) electrons. The summed E-state index contributed by atoms with van der Waals surface area (Å²) < 4.78 is 10.7. The van der Waals surface area contributed by atoms with E-state index < -0.39 is 0 Å². The van der Waals surface area contributed by atoms with Crippen molar-refractivity contribution in [1.29, 1.82) is 0 Å². The number of piperazine rings is 1. The minimum Gasteiger partial charge on any atom is -0.493 e. The van der Waals surface area contributed by atoms with E-state index in [1.165, 1.54) is 0 Å². The van der Waals surface area contributed by atoms with Gasteiger partial charge in [-0.1, -0.05) is 13.0 Å². The van der Waals surface area contributed by atoms with Gasteiger partial charge in [-0.2, -0.15) is 4.98 Å². The van der Waals surface area contributed by atoms with E-state index in [4.69, 9.17) is 9.47 Å². The lowest BCUT2D eigenvalue weighted by Gasteiger charge is -2.34. The van der Waals surface area contributed by atoms with Gasteiger partial charge >= 0.3 is 0 Å². The summed E-state index contributed by atoms with van der Waals surface area (Å²) in [7, 11) is 3.18. The van der Waals surface area contributed by atoms with E-state index >= 15 is 0 Å². The number of aromatic amines is 1. The first-order chi connectivity index (χ1) is 14.1. The van der Waals surface area contributed by atoms with Crippen LogP contribution in [0.3, 0.4) is 0 Å². The van der Waals surface area contributed by atoms with Crippen molar-refractivity contribution < 1.29 is 9.47 Å². The zero-order valence-electron chi connectivity index (χ0n) is 16.9. The van der Waals surface area contributed by atoms with E-state index in [2.05, 4.69) is 31.7 Å². The molecule has 0 saturated carbocycles. The maximum absolute atomic E-state index is 13.0. The molecule has 1 aromatic carbocycles. The maximum Gasteiger partial charge on any atom is 0.262 e. The summed E-state index contributed by atoms with van der Waals surface area (Å²) in [6, 6.07) is 7.39. The van der Waals surface area contributed by atoms with Crippen LogP contribution in [0.2, 0.25) is 0 Å². The lowest BCUT2D eigenvalue weighted by atomic mass is 10.0. The topological polar surface area (TPSA) is 83.6 Å². The Bertz CT molecular complexity index is 1070. The predicted molar refractivity (Wildman–Crippen MR) is 113 cm³/mol. The first kappa shape index (κ1) is 19.2. The summed E-state index contributed by atoms with van der Waals surface area (Å²) in [6.45, 7) is 6.77. The molecule has 1 fully saturated rings. The lowest BCUT2D eigenvalue weighted by molar-refractivity contribution is 0.270. The number of hydrogen-bond donors (Lipinski definition) is 1. The second-order valence-electron chi connectivity index (χ2n) is 6.94. The van der Waals surface area contributed by atoms with Crippen LogP contribution in [0.15, 0.2) is 35.3 Å². The summed E-state index contributed by atoms with van der Waals surface area (Å²) in [4.78, 5) is 29.5. The number of anilines is 1. The molecule has 0 aliphatic carbocycles. The van der Waals surface area contributed by atoms with Crippen molar-refractivity contribution in [2.75, 3.05) is 51.8 Å². The number of rotatable bonds is 5. The molecule has 4 rings (SSSR count). The Morgan fingerprint density at radius 3 is 2.52 bits per heavy atom. The van der Waals surface area contributed by atoms with Crippen LogP contribution in [-0.2, 0) is 0 Å². The van der Waals surface area contributed by atoms with Crippen LogP contribution in [0.4, 0.5) is 5.95 Å². The molecular formula is C21H25N5O3. The van der Waals surface area contributed by atoms with Crippen molar-refractivity contribution >= 4 is 17.0 Å². The van der Waals surface area contributed by atoms with Gasteiger partial charge in [0, 0.05) is 32.4 Å². The van der Waals surface area contributed by atoms with E-state index in [0.717, 1.165) is 43.9 Å². The molecule has 8 nitrogen and oxygen atoms in total. The quantitative estimate of drug-likeness (QED) is 0.709.